The van der Waals surface area contributed by atoms with E-state index < -0.39 is 5.60 Å². The highest BCUT2D eigenvalue weighted by molar-refractivity contribution is 5.36. The Hall–Kier alpha value is -1.72. The SMILES string of the molecule is CC(O)(CN)Cc1nc(C2CCCc3ccccc32)no1. The molecule has 1 heterocycles. The highest BCUT2D eigenvalue weighted by Gasteiger charge is 2.28. The van der Waals surface area contributed by atoms with Crippen molar-refractivity contribution in [2.45, 2.75) is 44.1 Å². The molecule has 1 aliphatic rings. The van der Waals surface area contributed by atoms with E-state index in [2.05, 4.69) is 34.4 Å². The zero-order chi connectivity index (χ0) is 14.9. The minimum atomic E-state index is -1.01. The molecule has 2 unspecified atom stereocenters. The fourth-order valence-electron chi connectivity index (χ4n) is 2.90. The zero-order valence-corrected chi connectivity index (χ0v) is 12.2. The third-order valence-corrected chi connectivity index (χ3v) is 4.14. The van der Waals surface area contributed by atoms with Crippen molar-refractivity contribution in [1.82, 2.24) is 10.1 Å². The van der Waals surface area contributed by atoms with Crippen molar-refractivity contribution in [2.75, 3.05) is 6.54 Å². The van der Waals surface area contributed by atoms with Crippen LogP contribution >= 0.6 is 0 Å². The zero-order valence-electron chi connectivity index (χ0n) is 12.2. The van der Waals surface area contributed by atoms with Gasteiger partial charge < -0.3 is 15.4 Å². The molecule has 0 saturated carbocycles. The van der Waals surface area contributed by atoms with Crippen LogP contribution in [0, 0.1) is 0 Å². The Morgan fingerprint density at radius 3 is 3.05 bits per heavy atom. The molecule has 2 aromatic rings. The molecule has 3 rings (SSSR count). The fourth-order valence-corrected chi connectivity index (χ4v) is 2.90. The van der Waals surface area contributed by atoms with Gasteiger partial charge in [-0.15, -0.1) is 0 Å². The van der Waals surface area contributed by atoms with Gasteiger partial charge in [-0.3, -0.25) is 0 Å². The lowest BCUT2D eigenvalue weighted by molar-refractivity contribution is 0.0610. The van der Waals surface area contributed by atoms with Crippen LogP contribution in [-0.4, -0.2) is 27.4 Å². The first-order valence-corrected chi connectivity index (χ1v) is 7.42. The number of hydrogen-bond acceptors (Lipinski definition) is 5. The summed E-state index contributed by atoms with van der Waals surface area (Å²) in [5, 5.41) is 14.1. The van der Waals surface area contributed by atoms with E-state index in [0.29, 0.717) is 11.7 Å². The van der Waals surface area contributed by atoms with Crippen molar-refractivity contribution in [3.63, 3.8) is 0 Å². The Morgan fingerprint density at radius 2 is 2.24 bits per heavy atom. The number of rotatable bonds is 4. The van der Waals surface area contributed by atoms with Gasteiger partial charge in [-0.25, -0.2) is 0 Å². The normalized spacial score (nSPS) is 20.8. The van der Waals surface area contributed by atoms with Gasteiger partial charge in [-0.1, -0.05) is 29.4 Å². The lowest BCUT2D eigenvalue weighted by Crippen LogP contribution is -2.36. The van der Waals surface area contributed by atoms with E-state index >= 15 is 0 Å². The lowest BCUT2D eigenvalue weighted by atomic mass is 9.82. The maximum absolute atomic E-state index is 10.0. The van der Waals surface area contributed by atoms with E-state index in [4.69, 9.17) is 10.3 Å². The van der Waals surface area contributed by atoms with E-state index in [1.165, 1.54) is 11.1 Å². The summed E-state index contributed by atoms with van der Waals surface area (Å²) in [5.74, 6) is 1.35. The van der Waals surface area contributed by atoms with Gasteiger partial charge >= 0.3 is 0 Å². The maximum atomic E-state index is 10.0. The van der Waals surface area contributed by atoms with Gasteiger partial charge in [-0.2, -0.15) is 4.98 Å². The Balaban J connectivity index is 1.84. The van der Waals surface area contributed by atoms with Crippen molar-refractivity contribution in [3.05, 3.63) is 47.1 Å². The summed E-state index contributed by atoms with van der Waals surface area (Å²) < 4.78 is 5.29. The lowest BCUT2D eigenvalue weighted by Gasteiger charge is -2.22. The highest BCUT2D eigenvalue weighted by Crippen LogP contribution is 2.35. The van der Waals surface area contributed by atoms with E-state index in [1.807, 2.05) is 0 Å². The van der Waals surface area contributed by atoms with Gasteiger partial charge in [0.15, 0.2) is 5.82 Å². The third-order valence-electron chi connectivity index (χ3n) is 4.14. The molecule has 1 aromatic carbocycles. The molecule has 5 nitrogen and oxygen atoms in total. The number of benzene rings is 1. The quantitative estimate of drug-likeness (QED) is 0.895. The minimum Gasteiger partial charge on any atom is -0.388 e. The number of aryl methyl sites for hydroxylation is 1. The molecule has 0 spiro atoms. The second kappa shape index (κ2) is 5.58. The first-order chi connectivity index (χ1) is 10.1. The molecule has 0 fully saturated rings. The van der Waals surface area contributed by atoms with E-state index in [-0.39, 0.29) is 18.9 Å². The van der Waals surface area contributed by atoms with Gasteiger partial charge in [0.1, 0.15) is 0 Å². The van der Waals surface area contributed by atoms with Crippen molar-refractivity contribution < 1.29 is 9.63 Å². The molecule has 2 atom stereocenters. The molecular formula is C16H21N3O2. The molecule has 1 aromatic heterocycles. The van der Waals surface area contributed by atoms with Crippen molar-refractivity contribution in [3.8, 4) is 0 Å². The molecule has 0 amide bonds. The monoisotopic (exact) mass is 287 g/mol. The number of nitrogens with zero attached hydrogens (tertiary/aromatic N) is 2. The average Bonchev–Trinajstić information content (AvgIpc) is 2.94. The largest absolute Gasteiger partial charge is 0.388 e. The standard InChI is InChI=1S/C16H21N3O2/c1-16(20,10-17)9-14-18-15(19-21-14)13-8-4-6-11-5-2-3-7-12(11)13/h2-3,5,7,13,20H,4,6,8-10,17H2,1H3. The van der Waals surface area contributed by atoms with Crippen LogP contribution in [0.5, 0.6) is 0 Å². The molecule has 0 bridgehead atoms. The topological polar surface area (TPSA) is 85.2 Å². The summed E-state index contributed by atoms with van der Waals surface area (Å²) in [7, 11) is 0. The van der Waals surface area contributed by atoms with Gasteiger partial charge in [0, 0.05) is 12.5 Å². The number of aromatic nitrogens is 2. The highest BCUT2D eigenvalue weighted by atomic mass is 16.5. The van der Waals surface area contributed by atoms with Crippen molar-refractivity contribution in [2.24, 2.45) is 5.73 Å². The maximum Gasteiger partial charge on any atom is 0.229 e. The van der Waals surface area contributed by atoms with Crippen LogP contribution in [0.25, 0.3) is 0 Å². The number of fused-ring (bicyclic) bond motifs is 1. The van der Waals surface area contributed by atoms with Gasteiger partial charge in [0.25, 0.3) is 0 Å². The molecule has 5 heteroatoms. The second-order valence-electron chi connectivity index (χ2n) is 6.07. The molecule has 0 radical (unpaired) electrons. The number of nitrogens with two attached hydrogens (primary N) is 1. The molecule has 3 N–H and O–H groups in total. The van der Waals surface area contributed by atoms with Crippen LogP contribution in [0.4, 0.5) is 0 Å². The summed E-state index contributed by atoms with van der Waals surface area (Å²) >= 11 is 0. The van der Waals surface area contributed by atoms with Crippen molar-refractivity contribution >= 4 is 0 Å². The van der Waals surface area contributed by atoms with Gasteiger partial charge in [-0.05, 0) is 37.3 Å². The molecule has 0 aliphatic heterocycles. The van der Waals surface area contributed by atoms with Crippen LogP contribution in [0.15, 0.2) is 28.8 Å². The Bertz CT molecular complexity index is 621. The fraction of sp³-hybridized carbons (Fsp3) is 0.500. The van der Waals surface area contributed by atoms with Gasteiger partial charge in [0.2, 0.25) is 5.89 Å². The number of hydrogen-bond donors (Lipinski definition) is 2. The van der Waals surface area contributed by atoms with Crippen LogP contribution in [0.3, 0.4) is 0 Å². The summed E-state index contributed by atoms with van der Waals surface area (Å²) in [5.41, 5.74) is 7.18. The Kier molecular flexibility index (Phi) is 3.78. The van der Waals surface area contributed by atoms with Crippen molar-refractivity contribution in [1.29, 1.82) is 0 Å². The van der Waals surface area contributed by atoms with E-state index in [1.54, 1.807) is 6.92 Å². The summed E-state index contributed by atoms with van der Waals surface area (Å²) in [6, 6.07) is 8.44. The smallest absolute Gasteiger partial charge is 0.229 e. The van der Waals surface area contributed by atoms with Crippen LogP contribution in [-0.2, 0) is 12.8 Å². The summed E-state index contributed by atoms with van der Waals surface area (Å²) in [4.78, 5) is 4.47. The third kappa shape index (κ3) is 2.99. The predicted octanol–water partition coefficient (Wildman–Crippen LogP) is 1.79. The van der Waals surface area contributed by atoms with Crippen LogP contribution < -0.4 is 5.73 Å². The molecule has 1 aliphatic carbocycles. The Labute approximate surface area is 124 Å². The Morgan fingerprint density at radius 1 is 1.43 bits per heavy atom. The van der Waals surface area contributed by atoms with E-state index in [9.17, 15) is 5.11 Å². The van der Waals surface area contributed by atoms with Gasteiger partial charge in [0.05, 0.1) is 12.0 Å². The summed E-state index contributed by atoms with van der Waals surface area (Å²) in [6.07, 6.45) is 3.56. The van der Waals surface area contributed by atoms with E-state index in [0.717, 1.165) is 19.3 Å². The second-order valence-corrected chi connectivity index (χ2v) is 6.07. The average molecular weight is 287 g/mol. The van der Waals surface area contributed by atoms with Crippen LogP contribution in [0.2, 0.25) is 0 Å². The first kappa shape index (κ1) is 14.2. The number of aliphatic hydroxyl groups is 1. The molecular weight excluding hydrogens is 266 g/mol. The summed E-state index contributed by atoms with van der Waals surface area (Å²) in [6.45, 7) is 1.84. The minimum absolute atomic E-state index is 0.164. The molecule has 0 saturated heterocycles. The molecule has 21 heavy (non-hydrogen) atoms. The predicted molar refractivity (Wildman–Crippen MR) is 78.9 cm³/mol. The first-order valence-electron chi connectivity index (χ1n) is 7.42. The molecule has 112 valence electrons. The van der Waals surface area contributed by atoms with Crippen LogP contribution in [0.1, 0.15) is 48.5 Å².